The van der Waals surface area contributed by atoms with Gasteiger partial charge < -0.3 is 10.1 Å². The number of hydrogen-bond acceptors (Lipinski definition) is 4. The van der Waals surface area contributed by atoms with Gasteiger partial charge in [-0.3, -0.25) is 0 Å². The van der Waals surface area contributed by atoms with Gasteiger partial charge in [-0.2, -0.15) is 15.4 Å². The van der Waals surface area contributed by atoms with Gasteiger partial charge in [0.2, 0.25) is 0 Å². The molecule has 0 saturated heterocycles. The fraction of sp³-hybridized carbons (Fsp3) is 0.385. The number of ether oxygens (including phenoxy) is 1. The maximum Gasteiger partial charge on any atom is 0.124 e. The first-order chi connectivity index (χ1) is 8.86. The van der Waals surface area contributed by atoms with Crippen molar-refractivity contribution in [1.82, 2.24) is 20.7 Å². The van der Waals surface area contributed by atoms with E-state index < -0.39 is 0 Å². The Kier molecular flexibility index (Phi) is 4.30. The molecule has 1 heterocycles. The molecule has 5 heteroatoms. The van der Waals surface area contributed by atoms with Crippen molar-refractivity contribution in [1.29, 1.82) is 0 Å². The van der Waals surface area contributed by atoms with Gasteiger partial charge in [-0.15, -0.1) is 0 Å². The zero-order valence-corrected chi connectivity index (χ0v) is 10.7. The number of hydrogen-bond donors (Lipinski definition) is 2. The van der Waals surface area contributed by atoms with E-state index in [1.165, 1.54) is 0 Å². The van der Waals surface area contributed by atoms with Gasteiger partial charge in [-0.05, 0) is 19.0 Å². The quantitative estimate of drug-likeness (QED) is 0.817. The van der Waals surface area contributed by atoms with Gasteiger partial charge >= 0.3 is 0 Å². The summed E-state index contributed by atoms with van der Waals surface area (Å²) in [4.78, 5) is 0. The van der Waals surface area contributed by atoms with Crippen molar-refractivity contribution < 1.29 is 4.74 Å². The molecule has 0 spiro atoms. The van der Waals surface area contributed by atoms with E-state index in [1.807, 2.05) is 24.3 Å². The first-order valence-corrected chi connectivity index (χ1v) is 6.08. The third-order valence-corrected chi connectivity index (χ3v) is 2.78. The second kappa shape index (κ2) is 6.16. The number of aromatic amines is 1. The molecule has 18 heavy (non-hydrogen) atoms. The first kappa shape index (κ1) is 12.6. The van der Waals surface area contributed by atoms with Crippen molar-refractivity contribution >= 4 is 0 Å². The minimum absolute atomic E-state index is 0.000139. The van der Waals surface area contributed by atoms with E-state index >= 15 is 0 Å². The highest BCUT2D eigenvalue weighted by molar-refractivity contribution is 5.39. The number of benzene rings is 1. The summed E-state index contributed by atoms with van der Waals surface area (Å²) in [6, 6.07) is 7.96. The summed E-state index contributed by atoms with van der Waals surface area (Å²) in [7, 11) is 1.68. The fourth-order valence-corrected chi connectivity index (χ4v) is 1.92. The average Bonchev–Trinajstić information content (AvgIpc) is 2.94. The summed E-state index contributed by atoms with van der Waals surface area (Å²) in [6.45, 7) is 3.05. The lowest BCUT2D eigenvalue weighted by Gasteiger charge is -2.18. The third kappa shape index (κ3) is 2.68. The van der Waals surface area contributed by atoms with Crippen LogP contribution in [0.15, 0.2) is 30.5 Å². The third-order valence-electron chi connectivity index (χ3n) is 2.78. The smallest absolute Gasteiger partial charge is 0.124 e. The molecule has 0 bridgehead atoms. The highest BCUT2D eigenvalue weighted by atomic mass is 16.5. The molecule has 0 saturated carbocycles. The van der Waals surface area contributed by atoms with Crippen LogP contribution in [0.4, 0.5) is 0 Å². The summed E-state index contributed by atoms with van der Waals surface area (Å²) in [5.74, 6) is 0.856. The van der Waals surface area contributed by atoms with E-state index in [1.54, 1.807) is 13.3 Å². The topological polar surface area (TPSA) is 62.8 Å². The molecule has 1 aromatic carbocycles. The predicted octanol–water partition coefficient (Wildman–Crippen LogP) is 1.90. The largest absolute Gasteiger partial charge is 0.496 e. The van der Waals surface area contributed by atoms with Crippen LogP contribution >= 0.6 is 0 Å². The maximum absolute atomic E-state index is 5.41. The molecular formula is C13H18N4O. The Morgan fingerprint density at radius 2 is 2.22 bits per heavy atom. The van der Waals surface area contributed by atoms with Gasteiger partial charge in [0.05, 0.1) is 19.3 Å². The molecule has 2 aromatic rings. The van der Waals surface area contributed by atoms with Gasteiger partial charge in [0, 0.05) is 5.56 Å². The monoisotopic (exact) mass is 246 g/mol. The average molecular weight is 246 g/mol. The van der Waals surface area contributed by atoms with Crippen LogP contribution in [0, 0.1) is 0 Å². The van der Waals surface area contributed by atoms with Crippen LogP contribution in [0.5, 0.6) is 5.75 Å². The second-order valence-corrected chi connectivity index (χ2v) is 4.02. The van der Waals surface area contributed by atoms with Crippen molar-refractivity contribution in [2.24, 2.45) is 0 Å². The molecule has 96 valence electrons. The van der Waals surface area contributed by atoms with E-state index in [2.05, 4.69) is 27.7 Å². The molecule has 0 aliphatic carbocycles. The lowest BCUT2D eigenvalue weighted by molar-refractivity contribution is 0.403. The molecule has 0 fully saturated rings. The fourth-order valence-electron chi connectivity index (χ4n) is 1.92. The molecule has 1 aromatic heterocycles. The van der Waals surface area contributed by atoms with E-state index in [4.69, 9.17) is 4.74 Å². The molecular weight excluding hydrogens is 228 g/mol. The zero-order valence-electron chi connectivity index (χ0n) is 10.7. The minimum Gasteiger partial charge on any atom is -0.496 e. The Morgan fingerprint density at radius 1 is 1.39 bits per heavy atom. The van der Waals surface area contributed by atoms with Crippen LogP contribution in [0.2, 0.25) is 0 Å². The van der Waals surface area contributed by atoms with Crippen molar-refractivity contribution in [3.8, 4) is 5.75 Å². The minimum atomic E-state index is -0.000139. The number of H-pyrrole nitrogens is 1. The summed E-state index contributed by atoms with van der Waals surface area (Å²) in [6.07, 6.45) is 2.79. The Labute approximate surface area is 107 Å². The number of aromatic nitrogens is 3. The second-order valence-electron chi connectivity index (χ2n) is 4.02. The summed E-state index contributed by atoms with van der Waals surface area (Å²) in [5.41, 5.74) is 1.94. The maximum atomic E-state index is 5.41. The summed E-state index contributed by atoms with van der Waals surface area (Å²) in [5, 5.41) is 14.2. The lowest BCUT2D eigenvalue weighted by atomic mass is 10.0. The molecule has 0 aliphatic heterocycles. The van der Waals surface area contributed by atoms with Crippen LogP contribution in [0.3, 0.4) is 0 Å². The lowest BCUT2D eigenvalue weighted by Crippen LogP contribution is -2.24. The van der Waals surface area contributed by atoms with Gasteiger partial charge in [-0.25, -0.2) is 0 Å². The van der Waals surface area contributed by atoms with Gasteiger partial charge in [0.25, 0.3) is 0 Å². The number of para-hydroxylation sites is 1. The van der Waals surface area contributed by atoms with Crippen LogP contribution in [-0.2, 0) is 0 Å². The Morgan fingerprint density at radius 3 is 2.89 bits per heavy atom. The van der Waals surface area contributed by atoms with Gasteiger partial charge in [0.15, 0.2) is 0 Å². The summed E-state index contributed by atoms with van der Waals surface area (Å²) >= 11 is 0. The Bertz CT molecular complexity index is 470. The number of nitrogens with zero attached hydrogens (tertiary/aromatic N) is 2. The Balaban J connectivity index is 2.33. The zero-order chi connectivity index (χ0) is 12.8. The molecule has 2 rings (SSSR count). The van der Waals surface area contributed by atoms with Crippen molar-refractivity contribution in [3.63, 3.8) is 0 Å². The van der Waals surface area contributed by atoms with E-state index in [0.717, 1.165) is 30.0 Å². The SMILES string of the molecule is CCCNC(c1cn[nH]n1)c1ccccc1OC. The van der Waals surface area contributed by atoms with E-state index in [9.17, 15) is 0 Å². The first-order valence-electron chi connectivity index (χ1n) is 6.08. The number of methoxy groups -OCH3 is 1. The Hall–Kier alpha value is -1.88. The van der Waals surface area contributed by atoms with Crippen LogP contribution in [-0.4, -0.2) is 29.1 Å². The summed E-state index contributed by atoms with van der Waals surface area (Å²) < 4.78 is 5.41. The molecule has 1 atom stereocenters. The van der Waals surface area contributed by atoms with E-state index in [-0.39, 0.29) is 6.04 Å². The highest BCUT2D eigenvalue weighted by Crippen LogP contribution is 2.28. The molecule has 5 nitrogen and oxygen atoms in total. The van der Waals surface area contributed by atoms with Gasteiger partial charge in [-0.1, -0.05) is 25.1 Å². The van der Waals surface area contributed by atoms with Gasteiger partial charge in [0.1, 0.15) is 11.4 Å². The normalized spacial score (nSPS) is 12.3. The van der Waals surface area contributed by atoms with Crippen LogP contribution < -0.4 is 10.1 Å². The van der Waals surface area contributed by atoms with Crippen LogP contribution in [0.1, 0.15) is 30.6 Å². The highest BCUT2D eigenvalue weighted by Gasteiger charge is 2.19. The molecule has 0 aliphatic rings. The van der Waals surface area contributed by atoms with Crippen molar-refractivity contribution in [3.05, 3.63) is 41.7 Å². The number of rotatable bonds is 6. The molecule has 2 N–H and O–H groups in total. The standard InChI is InChI=1S/C13H18N4O/c1-3-8-14-13(11-9-15-17-16-11)10-6-4-5-7-12(10)18-2/h4-7,9,13-14H,3,8H2,1-2H3,(H,15,16,17). The predicted molar refractivity (Wildman–Crippen MR) is 69.5 cm³/mol. The van der Waals surface area contributed by atoms with Crippen LogP contribution in [0.25, 0.3) is 0 Å². The van der Waals surface area contributed by atoms with E-state index in [0.29, 0.717) is 0 Å². The number of nitrogens with one attached hydrogen (secondary N) is 2. The molecule has 0 radical (unpaired) electrons. The molecule has 0 amide bonds. The van der Waals surface area contributed by atoms with Crippen molar-refractivity contribution in [2.75, 3.05) is 13.7 Å². The molecule has 1 unspecified atom stereocenters. The van der Waals surface area contributed by atoms with Crippen molar-refractivity contribution in [2.45, 2.75) is 19.4 Å².